The van der Waals surface area contributed by atoms with Crippen molar-refractivity contribution in [2.24, 2.45) is 0 Å². The number of ether oxygens (including phenoxy) is 1. The first-order chi connectivity index (χ1) is 15.6. The van der Waals surface area contributed by atoms with Crippen LogP contribution in [0, 0.1) is 13.5 Å². The zero-order chi connectivity index (χ0) is 22.8. The lowest BCUT2D eigenvalue weighted by atomic mass is 10.1. The molecule has 0 saturated carbocycles. The number of alkyl halides is 1. The van der Waals surface area contributed by atoms with Crippen LogP contribution in [0.5, 0.6) is 5.75 Å². The van der Waals surface area contributed by atoms with E-state index in [2.05, 4.69) is 33.8 Å². The molecule has 3 rings (SSSR count). The van der Waals surface area contributed by atoms with Crippen molar-refractivity contribution in [2.45, 2.75) is 32.7 Å². The second-order valence-electron chi connectivity index (χ2n) is 7.65. The minimum Gasteiger partial charge on any atom is -0.493 e. The monoisotopic (exact) mass is 451 g/mol. The Kier molecular flexibility index (Phi) is 9.15. The molecule has 0 unspecified atom stereocenters. The van der Waals surface area contributed by atoms with Gasteiger partial charge in [-0.25, -0.2) is 11.6 Å². The zero-order valence-electron chi connectivity index (χ0n) is 18.8. The van der Waals surface area contributed by atoms with E-state index in [4.69, 9.17) is 27.3 Å². The molecule has 0 amide bonds. The van der Waals surface area contributed by atoms with E-state index in [1.807, 2.05) is 49.4 Å². The van der Waals surface area contributed by atoms with Crippen LogP contribution in [0.3, 0.4) is 0 Å². The van der Waals surface area contributed by atoms with Gasteiger partial charge in [0, 0.05) is 23.9 Å². The Labute approximate surface area is 195 Å². The maximum atomic E-state index is 7.02. The van der Waals surface area contributed by atoms with Crippen molar-refractivity contribution in [3.63, 3.8) is 0 Å². The van der Waals surface area contributed by atoms with Crippen molar-refractivity contribution in [1.29, 1.82) is 0 Å². The first kappa shape index (κ1) is 23.8. The summed E-state index contributed by atoms with van der Waals surface area (Å²) in [6.45, 7) is 13.8. The number of oxazole rings is 1. The standard InChI is InChI=1S/C26H30ClN3O2/c1-4-30(16-15-28-3)23(19-27)18-21-10-12-24(13-11-21)31-17-14-25-20(2)32-26(29-25)22-8-6-5-7-9-22/h5-13,23H,4,14-19H2,1-2H3/t23-/m0/s1. The van der Waals surface area contributed by atoms with Crippen LogP contribution >= 0.6 is 11.6 Å². The summed E-state index contributed by atoms with van der Waals surface area (Å²) in [6, 6.07) is 18.3. The lowest BCUT2D eigenvalue weighted by molar-refractivity contribution is 0.231. The molecule has 0 aliphatic heterocycles. The Bertz CT molecular complexity index is 996. The predicted octanol–water partition coefficient (Wildman–Crippen LogP) is 5.66. The number of rotatable bonds is 12. The fourth-order valence-corrected chi connectivity index (χ4v) is 3.99. The van der Waals surface area contributed by atoms with Crippen LogP contribution in [0.15, 0.2) is 59.0 Å². The van der Waals surface area contributed by atoms with Crippen LogP contribution in [0.2, 0.25) is 0 Å². The van der Waals surface area contributed by atoms with Crippen LogP contribution in [-0.2, 0) is 12.8 Å². The summed E-state index contributed by atoms with van der Waals surface area (Å²) in [5.74, 6) is 2.86. The molecule has 0 saturated heterocycles. The van der Waals surface area contributed by atoms with Crippen LogP contribution < -0.4 is 4.74 Å². The Morgan fingerprint density at radius 2 is 1.91 bits per heavy atom. The lowest BCUT2D eigenvalue weighted by Gasteiger charge is -2.27. The van der Waals surface area contributed by atoms with E-state index in [0.717, 1.165) is 42.3 Å². The molecule has 0 fully saturated rings. The highest BCUT2D eigenvalue weighted by Gasteiger charge is 2.17. The minimum atomic E-state index is 0.226. The maximum absolute atomic E-state index is 7.02. The smallest absolute Gasteiger partial charge is 0.227 e. The molecule has 1 heterocycles. The molecular formula is C26H30ClN3O2. The number of aromatic nitrogens is 1. The Morgan fingerprint density at radius 3 is 2.56 bits per heavy atom. The summed E-state index contributed by atoms with van der Waals surface area (Å²) in [7, 11) is 0. The maximum Gasteiger partial charge on any atom is 0.227 e. The van der Waals surface area contributed by atoms with Gasteiger partial charge >= 0.3 is 0 Å². The summed E-state index contributed by atoms with van der Waals surface area (Å²) < 4.78 is 11.8. The van der Waals surface area contributed by atoms with Gasteiger partial charge in [0.15, 0.2) is 0 Å². The van der Waals surface area contributed by atoms with Gasteiger partial charge in [-0.05, 0) is 49.7 Å². The number of likely N-dealkylation sites (N-methyl/N-ethyl adjacent to an activating group) is 1. The van der Waals surface area contributed by atoms with E-state index in [9.17, 15) is 0 Å². The lowest BCUT2D eigenvalue weighted by Crippen LogP contribution is -2.39. The average molecular weight is 452 g/mol. The molecule has 2 aromatic carbocycles. The van der Waals surface area contributed by atoms with Gasteiger partial charge in [-0.2, -0.15) is 0 Å². The summed E-state index contributed by atoms with van der Waals surface area (Å²) in [5.41, 5.74) is 3.11. The number of hydrogen-bond acceptors (Lipinski definition) is 4. The van der Waals surface area contributed by atoms with Crippen LogP contribution in [-0.4, -0.2) is 48.0 Å². The van der Waals surface area contributed by atoms with Crippen molar-refractivity contribution >= 4 is 11.6 Å². The Morgan fingerprint density at radius 1 is 1.16 bits per heavy atom. The van der Waals surface area contributed by atoms with Gasteiger partial charge in [0.05, 0.1) is 18.8 Å². The van der Waals surface area contributed by atoms with Gasteiger partial charge in [-0.1, -0.05) is 37.3 Å². The molecule has 1 atom stereocenters. The largest absolute Gasteiger partial charge is 0.493 e. The van der Waals surface area contributed by atoms with Gasteiger partial charge in [-0.15, -0.1) is 11.6 Å². The number of halogens is 1. The molecular weight excluding hydrogens is 422 g/mol. The van der Waals surface area contributed by atoms with E-state index >= 15 is 0 Å². The predicted molar refractivity (Wildman–Crippen MR) is 129 cm³/mol. The summed E-state index contributed by atoms with van der Waals surface area (Å²) >= 11 is 6.22. The molecule has 0 N–H and O–H groups in total. The molecule has 6 heteroatoms. The topological polar surface area (TPSA) is 42.9 Å². The Hall–Kier alpha value is -2.81. The second kappa shape index (κ2) is 12.3. The highest BCUT2D eigenvalue weighted by molar-refractivity contribution is 6.18. The van der Waals surface area contributed by atoms with Gasteiger partial charge in [0.2, 0.25) is 12.4 Å². The van der Waals surface area contributed by atoms with Crippen molar-refractivity contribution in [2.75, 3.05) is 32.1 Å². The van der Waals surface area contributed by atoms with Crippen LogP contribution in [0.4, 0.5) is 0 Å². The van der Waals surface area contributed by atoms with Gasteiger partial charge < -0.3 is 14.0 Å². The molecule has 0 radical (unpaired) electrons. The van der Waals surface area contributed by atoms with Crippen molar-refractivity contribution in [3.8, 4) is 17.2 Å². The third kappa shape index (κ3) is 6.59. The average Bonchev–Trinajstić information content (AvgIpc) is 3.20. The fraction of sp³-hybridized carbons (Fsp3) is 0.385. The minimum absolute atomic E-state index is 0.226. The third-order valence-electron chi connectivity index (χ3n) is 5.52. The van der Waals surface area contributed by atoms with E-state index < -0.39 is 0 Å². The molecule has 168 valence electrons. The molecule has 0 bridgehead atoms. The van der Waals surface area contributed by atoms with E-state index in [1.54, 1.807) is 0 Å². The normalized spacial score (nSPS) is 12.0. The summed E-state index contributed by atoms with van der Waals surface area (Å²) in [6.07, 6.45) is 1.54. The van der Waals surface area contributed by atoms with Crippen LogP contribution in [0.1, 0.15) is 23.9 Å². The van der Waals surface area contributed by atoms with Crippen molar-refractivity contribution in [3.05, 3.63) is 83.0 Å². The first-order valence-electron chi connectivity index (χ1n) is 11.0. The SMILES string of the molecule is [C-]#[N+]CCN(CC)[C@H](CCl)Cc1ccc(OCCc2nc(-c3ccccc3)oc2C)cc1. The van der Waals surface area contributed by atoms with E-state index in [0.29, 0.717) is 31.3 Å². The highest BCUT2D eigenvalue weighted by Crippen LogP contribution is 2.22. The van der Waals surface area contributed by atoms with Crippen LogP contribution in [0.25, 0.3) is 16.3 Å². The van der Waals surface area contributed by atoms with E-state index in [1.165, 1.54) is 5.56 Å². The van der Waals surface area contributed by atoms with Gasteiger partial charge in [0.1, 0.15) is 11.5 Å². The molecule has 32 heavy (non-hydrogen) atoms. The zero-order valence-corrected chi connectivity index (χ0v) is 19.5. The van der Waals surface area contributed by atoms with Gasteiger partial charge in [0.25, 0.3) is 0 Å². The number of aryl methyl sites for hydroxylation is 1. The second-order valence-corrected chi connectivity index (χ2v) is 7.96. The number of hydrogen-bond donors (Lipinski definition) is 0. The molecule has 0 aliphatic carbocycles. The molecule has 5 nitrogen and oxygen atoms in total. The number of nitrogens with zero attached hydrogens (tertiary/aromatic N) is 3. The molecule has 0 aliphatic rings. The van der Waals surface area contributed by atoms with E-state index in [-0.39, 0.29) is 6.04 Å². The van der Waals surface area contributed by atoms with Crippen molar-refractivity contribution in [1.82, 2.24) is 9.88 Å². The highest BCUT2D eigenvalue weighted by atomic mass is 35.5. The Balaban J connectivity index is 1.52. The quantitative estimate of drug-likeness (QED) is 0.263. The number of benzene rings is 2. The molecule has 3 aromatic rings. The molecule has 1 aromatic heterocycles. The van der Waals surface area contributed by atoms with Crippen molar-refractivity contribution < 1.29 is 9.15 Å². The molecule has 0 spiro atoms. The summed E-state index contributed by atoms with van der Waals surface area (Å²) in [5, 5.41) is 0. The fourth-order valence-electron chi connectivity index (χ4n) is 3.68. The third-order valence-corrected chi connectivity index (χ3v) is 5.87. The first-order valence-corrected chi connectivity index (χ1v) is 11.5. The van der Waals surface area contributed by atoms with Gasteiger partial charge in [-0.3, -0.25) is 4.90 Å². The summed E-state index contributed by atoms with van der Waals surface area (Å²) in [4.78, 5) is 10.4.